The van der Waals surface area contributed by atoms with Crippen molar-refractivity contribution in [2.45, 2.75) is 26.9 Å². The van der Waals surface area contributed by atoms with E-state index in [1.807, 2.05) is 32.0 Å². The Balaban J connectivity index is 1.91. The number of hydrogen-bond donors (Lipinski definition) is 0. The van der Waals surface area contributed by atoms with E-state index in [0.29, 0.717) is 38.5 Å². The molecule has 1 aliphatic rings. The molecule has 3 rings (SSSR count). The lowest BCUT2D eigenvalue weighted by atomic mass is 10.1. The van der Waals surface area contributed by atoms with Gasteiger partial charge in [0.05, 0.1) is 40.2 Å². The molecule has 0 fully saturated rings. The predicted octanol–water partition coefficient (Wildman–Crippen LogP) is 5.60. The summed E-state index contributed by atoms with van der Waals surface area (Å²) >= 11 is 12.0. The van der Waals surface area contributed by atoms with E-state index in [2.05, 4.69) is 5.10 Å². The molecule has 1 aliphatic heterocycles. The molecule has 0 radical (unpaired) electrons. The largest absolute Gasteiger partial charge is 0.493 e. The number of nitrogens with zero attached hydrogens (tertiary/aromatic N) is 2. The van der Waals surface area contributed by atoms with E-state index in [1.165, 1.54) is 5.01 Å². The molecule has 1 heterocycles. The third-order valence-corrected chi connectivity index (χ3v) is 4.81. The van der Waals surface area contributed by atoms with Crippen LogP contribution in [0.15, 0.2) is 47.1 Å². The van der Waals surface area contributed by atoms with Crippen LogP contribution in [-0.4, -0.2) is 24.8 Å². The minimum Gasteiger partial charge on any atom is -0.493 e. The van der Waals surface area contributed by atoms with Crippen molar-refractivity contribution in [3.8, 4) is 11.5 Å². The highest BCUT2D eigenvalue weighted by atomic mass is 35.5. The van der Waals surface area contributed by atoms with Crippen molar-refractivity contribution >= 4 is 46.6 Å². The summed E-state index contributed by atoms with van der Waals surface area (Å²) in [6.07, 6.45) is 1.81. The van der Waals surface area contributed by atoms with Gasteiger partial charge < -0.3 is 9.47 Å². The van der Waals surface area contributed by atoms with Crippen LogP contribution in [0.3, 0.4) is 0 Å². The number of amides is 1. The Labute approximate surface area is 174 Å². The second kappa shape index (κ2) is 8.25. The number of benzene rings is 2. The summed E-state index contributed by atoms with van der Waals surface area (Å²) in [4.78, 5) is 12.9. The van der Waals surface area contributed by atoms with E-state index >= 15 is 0 Å². The number of hydrogen-bond acceptors (Lipinski definition) is 4. The number of ether oxygens (including phenoxy) is 2. The normalized spacial score (nSPS) is 15.4. The molecule has 0 bridgehead atoms. The van der Waals surface area contributed by atoms with Gasteiger partial charge in [-0.2, -0.15) is 10.1 Å². The zero-order chi connectivity index (χ0) is 20.4. The average Bonchev–Trinajstić information content (AvgIpc) is 2.93. The number of methoxy groups -OCH3 is 1. The average molecular weight is 419 g/mol. The standard InChI is InChI=1S/C21H20Cl2N2O3/c1-12(2)28-19-8-5-14(10-20(19)27-4)9-16-13(3)24-25(21(16)26)15-6-7-17(22)18(23)11-15/h5-12H,1-4H3/b16-9+. The summed E-state index contributed by atoms with van der Waals surface area (Å²) in [7, 11) is 1.58. The Bertz CT molecular complexity index is 984. The van der Waals surface area contributed by atoms with Crippen molar-refractivity contribution in [1.82, 2.24) is 0 Å². The van der Waals surface area contributed by atoms with Crippen LogP contribution in [-0.2, 0) is 4.79 Å². The first-order valence-electron chi connectivity index (χ1n) is 8.71. The Kier molecular flexibility index (Phi) is 5.96. The van der Waals surface area contributed by atoms with Gasteiger partial charge in [0.2, 0.25) is 0 Å². The molecule has 0 saturated carbocycles. The van der Waals surface area contributed by atoms with Crippen molar-refractivity contribution in [2.75, 3.05) is 12.1 Å². The van der Waals surface area contributed by atoms with Crippen LogP contribution in [0, 0.1) is 0 Å². The van der Waals surface area contributed by atoms with Gasteiger partial charge in [-0.3, -0.25) is 4.79 Å². The number of carbonyl (C=O) groups excluding carboxylic acids is 1. The molecule has 0 atom stereocenters. The lowest BCUT2D eigenvalue weighted by molar-refractivity contribution is -0.114. The van der Waals surface area contributed by atoms with Crippen LogP contribution >= 0.6 is 23.2 Å². The van der Waals surface area contributed by atoms with Crippen LogP contribution in [0.25, 0.3) is 6.08 Å². The summed E-state index contributed by atoms with van der Waals surface area (Å²) in [6, 6.07) is 10.5. The summed E-state index contributed by atoms with van der Waals surface area (Å²) in [5, 5.41) is 6.46. The maximum Gasteiger partial charge on any atom is 0.280 e. The van der Waals surface area contributed by atoms with Gasteiger partial charge in [-0.25, -0.2) is 0 Å². The maximum absolute atomic E-state index is 12.9. The molecule has 28 heavy (non-hydrogen) atoms. The van der Waals surface area contributed by atoms with Gasteiger partial charge in [0.1, 0.15) is 0 Å². The molecular formula is C21H20Cl2N2O3. The van der Waals surface area contributed by atoms with E-state index in [0.717, 1.165) is 5.56 Å². The molecule has 2 aromatic carbocycles. The molecular weight excluding hydrogens is 399 g/mol. The van der Waals surface area contributed by atoms with E-state index in [1.54, 1.807) is 38.3 Å². The molecule has 0 N–H and O–H groups in total. The smallest absolute Gasteiger partial charge is 0.280 e. The van der Waals surface area contributed by atoms with E-state index in [-0.39, 0.29) is 12.0 Å². The number of carbonyl (C=O) groups is 1. The minimum atomic E-state index is -0.239. The lowest BCUT2D eigenvalue weighted by Gasteiger charge is -2.14. The van der Waals surface area contributed by atoms with Crippen LogP contribution in [0.1, 0.15) is 26.3 Å². The number of rotatable bonds is 5. The van der Waals surface area contributed by atoms with Crippen LogP contribution in [0.2, 0.25) is 10.0 Å². The zero-order valence-electron chi connectivity index (χ0n) is 16.0. The number of anilines is 1. The van der Waals surface area contributed by atoms with E-state index < -0.39 is 0 Å². The monoisotopic (exact) mass is 418 g/mol. The first-order valence-corrected chi connectivity index (χ1v) is 9.47. The highest BCUT2D eigenvalue weighted by Gasteiger charge is 2.29. The highest BCUT2D eigenvalue weighted by molar-refractivity contribution is 6.42. The third kappa shape index (κ3) is 4.16. The molecule has 1 amide bonds. The molecule has 0 saturated heterocycles. The van der Waals surface area contributed by atoms with Gasteiger partial charge in [-0.1, -0.05) is 29.3 Å². The van der Waals surface area contributed by atoms with E-state index in [4.69, 9.17) is 32.7 Å². The summed E-state index contributed by atoms with van der Waals surface area (Å²) < 4.78 is 11.1. The zero-order valence-corrected chi connectivity index (χ0v) is 17.5. The fraction of sp³-hybridized carbons (Fsp3) is 0.238. The van der Waals surface area contributed by atoms with Crippen LogP contribution in [0.4, 0.5) is 5.69 Å². The minimum absolute atomic E-state index is 0.0312. The molecule has 7 heteroatoms. The van der Waals surface area contributed by atoms with Crippen molar-refractivity contribution < 1.29 is 14.3 Å². The van der Waals surface area contributed by atoms with Crippen molar-refractivity contribution in [3.05, 3.63) is 57.6 Å². The van der Waals surface area contributed by atoms with Crippen LogP contribution in [0.5, 0.6) is 11.5 Å². The topological polar surface area (TPSA) is 51.1 Å². The van der Waals surface area contributed by atoms with Gasteiger partial charge in [-0.15, -0.1) is 0 Å². The highest BCUT2D eigenvalue weighted by Crippen LogP contribution is 2.33. The molecule has 146 valence electrons. The molecule has 0 unspecified atom stereocenters. The second-order valence-electron chi connectivity index (χ2n) is 6.54. The quantitative estimate of drug-likeness (QED) is 0.594. The lowest BCUT2D eigenvalue weighted by Crippen LogP contribution is -2.21. The number of hydrazone groups is 1. The Morgan fingerprint density at radius 2 is 1.82 bits per heavy atom. The fourth-order valence-corrected chi connectivity index (χ4v) is 3.06. The van der Waals surface area contributed by atoms with Gasteiger partial charge in [0.25, 0.3) is 5.91 Å². The Morgan fingerprint density at radius 1 is 1.07 bits per heavy atom. The maximum atomic E-state index is 12.9. The third-order valence-electron chi connectivity index (χ3n) is 4.07. The van der Waals surface area contributed by atoms with Crippen LogP contribution < -0.4 is 14.5 Å². The first kappa shape index (κ1) is 20.2. The Morgan fingerprint density at radius 3 is 2.46 bits per heavy atom. The van der Waals surface area contributed by atoms with E-state index in [9.17, 15) is 4.79 Å². The van der Waals surface area contributed by atoms with Gasteiger partial charge in [-0.05, 0) is 62.7 Å². The molecule has 5 nitrogen and oxygen atoms in total. The predicted molar refractivity (Wildman–Crippen MR) is 114 cm³/mol. The van der Waals surface area contributed by atoms with Gasteiger partial charge in [0.15, 0.2) is 11.5 Å². The molecule has 0 aromatic heterocycles. The second-order valence-corrected chi connectivity index (χ2v) is 7.35. The van der Waals surface area contributed by atoms with Crippen molar-refractivity contribution in [1.29, 1.82) is 0 Å². The summed E-state index contributed by atoms with van der Waals surface area (Å²) in [5.41, 5.74) is 2.46. The number of halogens is 2. The SMILES string of the molecule is COc1cc(/C=C2/C(=O)N(c3ccc(Cl)c(Cl)c3)N=C2C)ccc1OC(C)C. The molecule has 0 aliphatic carbocycles. The summed E-state index contributed by atoms with van der Waals surface area (Å²) in [5.74, 6) is 1.02. The Hall–Kier alpha value is -2.50. The fourth-order valence-electron chi connectivity index (χ4n) is 2.77. The van der Waals surface area contributed by atoms with Gasteiger partial charge in [0, 0.05) is 0 Å². The van der Waals surface area contributed by atoms with Crippen molar-refractivity contribution in [2.24, 2.45) is 5.10 Å². The molecule has 0 spiro atoms. The summed E-state index contributed by atoms with van der Waals surface area (Å²) in [6.45, 7) is 5.68. The van der Waals surface area contributed by atoms with Gasteiger partial charge >= 0.3 is 0 Å². The van der Waals surface area contributed by atoms with Crippen molar-refractivity contribution in [3.63, 3.8) is 0 Å². The first-order chi connectivity index (χ1) is 13.3. The molecule has 2 aromatic rings.